The molecule has 16 heavy (non-hydrogen) atoms. The van der Waals surface area contributed by atoms with E-state index in [-0.39, 0.29) is 0 Å². The van der Waals surface area contributed by atoms with Gasteiger partial charge >= 0.3 is 0 Å². The second-order valence-electron chi connectivity index (χ2n) is 4.33. The van der Waals surface area contributed by atoms with Crippen molar-refractivity contribution >= 4 is 0 Å². The van der Waals surface area contributed by atoms with Gasteiger partial charge in [-0.15, -0.1) is 0 Å². The Hall–Kier alpha value is -0.990. The first-order valence-corrected chi connectivity index (χ1v) is 6.52. The molecule has 3 heteroatoms. The van der Waals surface area contributed by atoms with Crippen LogP contribution in [-0.4, -0.2) is 14.9 Å². The van der Waals surface area contributed by atoms with Gasteiger partial charge in [0, 0.05) is 12.1 Å². The minimum absolute atomic E-state index is 0.402. The number of aromatic hydroxyl groups is 1. The van der Waals surface area contributed by atoms with Crippen molar-refractivity contribution in [1.82, 2.24) is 9.78 Å². The second-order valence-corrected chi connectivity index (χ2v) is 4.33. The van der Waals surface area contributed by atoms with Crippen molar-refractivity contribution in [2.45, 2.75) is 65.8 Å². The highest BCUT2D eigenvalue weighted by Gasteiger charge is 2.15. The molecule has 3 nitrogen and oxygen atoms in total. The van der Waals surface area contributed by atoms with Gasteiger partial charge in [-0.25, -0.2) is 4.68 Å². The summed E-state index contributed by atoms with van der Waals surface area (Å²) in [5.41, 5.74) is 2.17. The number of hydrogen-bond acceptors (Lipinski definition) is 2. The molecule has 1 aromatic rings. The molecule has 1 N–H and O–H groups in total. The summed E-state index contributed by atoms with van der Waals surface area (Å²) in [7, 11) is 0. The minimum Gasteiger partial charge on any atom is -0.493 e. The summed E-state index contributed by atoms with van der Waals surface area (Å²) >= 11 is 0. The molecular weight excluding hydrogens is 200 g/mol. The number of aromatic nitrogens is 2. The quantitative estimate of drug-likeness (QED) is 0.771. The van der Waals surface area contributed by atoms with Crippen molar-refractivity contribution in [3.63, 3.8) is 0 Å². The van der Waals surface area contributed by atoms with E-state index in [1.54, 1.807) is 4.68 Å². The van der Waals surface area contributed by atoms with E-state index in [0.29, 0.717) is 5.88 Å². The van der Waals surface area contributed by atoms with Gasteiger partial charge in [0.25, 0.3) is 0 Å². The molecule has 0 aliphatic heterocycles. The Bertz CT molecular complexity index is 318. The zero-order valence-corrected chi connectivity index (χ0v) is 10.8. The maximum atomic E-state index is 10.1. The van der Waals surface area contributed by atoms with E-state index in [2.05, 4.69) is 25.9 Å². The molecule has 0 spiro atoms. The lowest BCUT2D eigenvalue weighted by Gasteiger charge is -2.01. The zero-order valence-electron chi connectivity index (χ0n) is 10.8. The van der Waals surface area contributed by atoms with Crippen LogP contribution in [0.3, 0.4) is 0 Å². The van der Waals surface area contributed by atoms with Gasteiger partial charge in [0.2, 0.25) is 5.88 Å². The molecule has 0 aliphatic carbocycles. The summed E-state index contributed by atoms with van der Waals surface area (Å²) in [6, 6.07) is 0. The highest BCUT2D eigenvalue weighted by Crippen LogP contribution is 2.24. The Balaban J connectivity index is 2.88. The standard InChI is InChI=1S/C13H24N2O/c1-4-7-10-15-13(16)11(8-5-2)12(14-15)9-6-3/h16H,4-10H2,1-3H3. The average molecular weight is 224 g/mol. The molecule has 0 aliphatic rings. The third-order valence-electron chi connectivity index (χ3n) is 2.81. The van der Waals surface area contributed by atoms with Crippen molar-refractivity contribution in [2.75, 3.05) is 0 Å². The first-order valence-electron chi connectivity index (χ1n) is 6.52. The van der Waals surface area contributed by atoms with E-state index in [9.17, 15) is 5.11 Å². The Morgan fingerprint density at radius 1 is 1.06 bits per heavy atom. The lowest BCUT2D eigenvalue weighted by molar-refractivity contribution is 0.389. The lowest BCUT2D eigenvalue weighted by atomic mass is 10.1. The largest absolute Gasteiger partial charge is 0.493 e. The third-order valence-corrected chi connectivity index (χ3v) is 2.81. The Morgan fingerprint density at radius 2 is 1.75 bits per heavy atom. The van der Waals surface area contributed by atoms with Crippen LogP contribution in [0.1, 0.15) is 57.7 Å². The number of rotatable bonds is 7. The smallest absolute Gasteiger partial charge is 0.212 e. The van der Waals surface area contributed by atoms with Crippen LogP contribution in [0.2, 0.25) is 0 Å². The normalized spacial score (nSPS) is 10.9. The van der Waals surface area contributed by atoms with Crippen molar-refractivity contribution in [1.29, 1.82) is 0 Å². The summed E-state index contributed by atoms with van der Waals surface area (Å²) in [4.78, 5) is 0. The molecule has 0 saturated carbocycles. The molecular formula is C13H24N2O. The van der Waals surface area contributed by atoms with Crippen molar-refractivity contribution in [2.24, 2.45) is 0 Å². The van der Waals surface area contributed by atoms with Gasteiger partial charge in [-0.05, 0) is 19.3 Å². The van der Waals surface area contributed by atoms with Gasteiger partial charge in [-0.2, -0.15) is 5.10 Å². The Morgan fingerprint density at radius 3 is 2.31 bits per heavy atom. The summed E-state index contributed by atoms with van der Waals surface area (Å²) in [6.45, 7) is 7.28. The summed E-state index contributed by atoms with van der Waals surface area (Å²) in [6.07, 6.45) is 6.26. The summed E-state index contributed by atoms with van der Waals surface area (Å²) in [5, 5.41) is 14.6. The van der Waals surface area contributed by atoms with Gasteiger partial charge in [0.1, 0.15) is 0 Å². The van der Waals surface area contributed by atoms with Crippen LogP contribution in [0, 0.1) is 0 Å². The highest BCUT2D eigenvalue weighted by atomic mass is 16.3. The first kappa shape index (κ1) is 13.1. The van der Waals surface area contributed by atoms with Gasteiger partial charge in [0.05, 0.1) is 5.69 Å². The molecule has 0 amide bonds. The van der Waals surface area contributed by atoms with Gasteiger partial charge in [0.15, 0.2) is 0 Å². The zero-order chi connectivity index (χ0) is 12.0. The molecule has 92 valence electrons. The molecule has 1 aromatic heterocycles. The molecule has 0 bridgehead atoms. The maximum Gasteiger partial charge on any atom is 0.212 e. The molecule has 0 unspecified atom stereocenters. The molecule has 0 atom stereocenters. The van der Waals surface area contributed by atoms with E-state index < -0.39 is 0 Å². The maximum absolute atomic E-state index is 10.1. The monoisotopic (exact) mass is 224 g/mol. The minimum atomic E-state index is 0.402. The molecule has 0 radical (unpaired) electrons. The fourth-order valence-electron chi connectivity index (χ4n) is 1.95. The van der Waals surface area contributed by atoms with Crippen LogP contribution < -0.4 is 0 Å². The molecule has 0 aromatic carbocycles. The Labute approximate surface area is 98.5 Å². The molecule has 0 saturated heterocycles. The topological polar surface area (TPSA) is 38.0 Å². The van der Waals surface area contributed by atoms with E-state index in [4.69, 9.17) is 0 Å². The number of unbranched alkanes of at least 4 members (excludes halogenated alkanes) is 1. The summed E-state index contributed by atoms with van der Waals surface area (Å²) in [5.74, 6) is 0.402. The van der Waals surface area contributed by atoms with Crippen molar-refractivity contribution in [3.05, 3.63) is 11.3 Å². The second kappa shape index (κ2) is 6.56. The summed E-state index contributed by atoms with van der Waals surface area (Å²) < 4.78 is 1.78. The first-order chi connectivity index (χ1) is 7.74. The van der Waals surface area contributed by atoms with Crippen LogP contribution >= 0.6 is 0 Å². The van der Waals surface area contributed by atoms with Gasteiger partial charge in [-0.1, -0.05) is 40.0 Å². The predicted molar refractivity (Wildman–Crippen MR) is 66.8 cm³/mol. The van der Waals surface area contributed by atoms with Crippen molar-refractivity contribution < 1.29 is 5.11 Å². The fourth-order valence-corrected chi connectivity index (χ4v) is 1.95. The average Bonchev–Trinajstić information content (AvgIpc) is 2.56. The predicted octanol–water partition coefficient (Wildman–Crippen LogP) is 3.29. The van der Waals surface area contributed by atoms with E-state index in [0.717, 1.165) is 56.3 Å². The Kier molecular flexibility index (Phi) is 5.36. The molecule has 1 rings (SSSR count). The fraction of sp³-hybridized carbons (Fsp3) is 0.769. The molecule has 1 heterocycles. The van der Waals surface area contributed by atoms with Gasteiger partial charge in [-0.3, -0.25) is 0 Å². The number of hydrogen-bond donors (Lipinski definition) is 1. The molecule has 0 fully saturated rings. The highest BCUT2D eigenvalue weighted by molar-refractivity contribution is 5.31. The van der Waals surface area contributed by atoms with Gasteiger partial charge < -0.3 is 5.11 Å². The van der Waals surface area contributed by atoms with Crippen LogP contribution in [0.5, 0.6) is 5.88 Å². The third kappa shape index (κ3) is 3.00. The van der Waals surface area contributed by atoms with E-state index in [1.165, 1.54) is 0 Å². The van der Waals surface area contributed by atoms with Crippen LogP contribution in [-0.2, 0) is 19.4 Å². The SMILES string of the molecule is CCCCn1nc(CCC)c(CCC)c1O. The van der Waals surface area contributed by atoms with Crippen LogP contribution in [0.4, 0.5) is 0 Å². The van der Waals surface area contributed by atoms with E-state index >= 15 is 0 Å². The lowest BCUT2D eigenvalue weighted by Crippen LogP contribution is -2.00. The van der Waals surface area contributed by atoms with E-state index in [1.807, 2.05) is 0 Å². The number of nitrogens with zero attached hydrogens (tertiary/aromatic N) is 2. The van der Waals surface area contributed by atoms with Crippen molar-refractivity contribution in [3.8, 4) is 5.88 Å². The van der Waals surface area contributed by atoms with Crippen LogP contribution in [0.25, 0.3) is 0 Å². The number of aryl methyl sites for hydroxylation is 2. The van der Waals surface area contributed by atoms with Crippen LogP contribution in [0.15, 0.2) is 0 Å².